The summed E-state index contributed by atoms with van der Waals surface area (Å²) in [5.41, 5.74) is -0.527. The van der Waals surface area contributed by atoms with Gasteiger partial charge in [0.25, 0.3) is 0 Å². The Hall–Kier alpha value is -2.24. The molecule has 2 aromatic rings. The van der Waals surface area contributed by atoms with Crippen molar-refractivity contribution in [3.63, 3.8) is 0 Å². The smallest absolute Gasteiger partial charge is 0.343 e. The van der Waals surface area contributed by atoms with E-state index in [1.54, 1.807) is 6.92 Å². The lowest BCUT2D eigenvalue weighted by Gasteiger charge is -2.02. The van der Waals surface area contributed by atoms with Gasteiger partial charge < -0.3 is 9.72 Å². The summed E-state index contributed by atoms with van der Waals surface area (Å²) in [5.74, 6) is -1.37. The molecule has 0 aliphatic rings. The number of esters is 1. The van der Waals surface area contributed by atoms with Gasteiger partial charge in [-0.25, -0.2) is 14.2 Å². The standard InChI is InChI=1S/C11H9FN2O3/c1-2-17-11(16)8-5-14-10-7(9(8)15)3-6(12)4-13-10/h3-5H,2H2,1H3,(H,13,14,15). The van der Waals surface area contributed by atoms with Crippen molar-refractivity contribution in [1.29, 1.82) is 0 Å². The van der Waals surface area contributed by atoms with E-state index in [2.05, 4.69) is 9.97 Å². The maximum Gasteiger partial charge on any atom is 0.343 e. The zero-order valence-corrected chi connectivity index (χ0v) is 8.99. The summed E-state index contributed by atoms with van der Waals surface area (Å²) in [6.07, 6.45) is 2.20. The minimum atomic E-state index is -0.736. The summed E-state index contributed by atoms with van der Waals surface area (Å²) in [6, 6.07) is 1.03. The maximum absolute atomic E-state index is 13.0. The molecule has 88 valence electrons. The van der Waals surface area contributed by atoms with Gasteiger partial charge in [0.05, 0.1) is 18.2 Å². The summed E-state index contributed by atoms with van der Waals surface area (Å²) in [4.78, 5) is 29.7. The fraction of sp³-hybridized carbons (Fsp3) is 0.182. The Kier molecular flexibility index (Phi) is 2.86. The Labute approximate surface area is 95.2 Å². The molecule has 0 aliphatic heterocycles. The van der Waals surface area contributed by atoms with Crippen LogP contribution in [0.3, 0.4) is 0 Å². The number of fused-ring (bicyclic) bond motifs is 1. The Morgan fingerprint density at radius 2 is 2.35 bits per heavy atom. The number of halogens is 1. The first-order valence-electron chi connectivity index (χ1n) is 4.97. The van der Waals surface area contributed by atoms with E-state index in [0.29, 0.717) is 0 Å². The van der Waals surface area contributed by atoms with Gasteiger partial charge in [0, 0.05) is 6.20 Å². The zero-order chi connectivity index (χ0) is 12.4. The van der Waals surface area contributed by atoms with E-state index >= 15 is 0 Å². The predicted octanol–water partition coefficient (Wildman–Crippen LogP) is 1.24. The molecule has 0 amide bonds. The number of hydrogen-bond donors (Lipinski definition) is 1. The molecule has 0 fully saturated rings. The van der Waals surface area contributed by atoms with Crippen LogP contribution < -0.4 is 5.43 Å². The van der Waals surface area contributed by atoms with E-state index in [-0.39, 0.29) is 23.2 Å². The fourth-order valence-corrected chi connectivity index (χ4v) is 1.44. The molecule has 2 aromatic heterocycles. The van der Waals surface area contributed by atoms with Crippen LogP contribution in [0.1, 0.15) is 17.3 Å². The van der Waals surface area contributed by atoms with E-state index in [1.165, 1.54) is 6.20 Å². The third-order valence-electron chi connectivity index (χ3n) is 2.19. The molecule has 0 atom stereocenters. The quantitative estimate of drug-likeness (QED) is 0.796. The SMILES string of the molecule is CCOC(=O)c1c[nH]c2ncc(F)cc2c1=O. The maximum atomic E-state index is 13.0. The highest BCUT2D eigenvalue weighted by Gasteiger charge is 2.14. The number of H-pyrrole nitrogens is 1. The Balaban J connectivity index is 2.65. The minimum Gasteiger partial charge on any atom is -0.462 e. The van der Waals surface area contributed by atoms with Gasteiger partial charge in [-0.2, -0.15) is 0 Å². The number of nitrogens with one attached hydrogen (secondary N) is 1. The molecule has 2 rings (SSSR count). The van der Waals surface area contributed by atoms with Gasteiger partial charge >= 0.3 is 5.97 Å². The molecular formula is C11H9FN2O3. The highest BCUT2D eigenvalue weighted by Crippen LogP contribution is 2.07. The molecule has 0 spiro atoms. The molecule has 1 N–H and O–H groups in total. The highest BCUT2D eigenvalue weighted by atomic mass is 19.1. The second-order valence-electron chi connectivity index (χ2n) is 3.30. The van der Waals surface area contributed by atoms with Crippen molar-refractivity contribution in [3.8, 4) is 0 Å². The summed E-state index contributed by atoms with van der Waals surface area (Å²) < 4.78 is 17.7. The van der Waals surface area contributed by atoms with Crippen LogP contribution >= 0.6 is 0 Å². The molecule has 6 heteroatoms. The first-order valence-corrected chi connectivity index (χ1v) is 4.97. The Bertz CT molecular complexity index is 636. The molecule has 0 aliphatic carbocycles. The molecule has 17 heavy (non-hydrogen) atoms. The van der Waals surface area contributed by atoms with Crippen molar-refractivity contribution in [2.45, 2.75) is 6.92 Å². The predicted molar refractivity (Wildman–Crippen MR) is 58.3 cm³/mol. The zero-order valence-electron chi connectivity index (χ0n) is 8.99. The van der Waals surface area contributed by atoms with E-state index in [1.807, 2.05) is 0 Å². The number of aromatic amines is 1. The number of pyridine rings is 2. The Morgan fingerprint density at radius 1 is 1.59 bits per heavy atom. The van der Waals surface area contributed by atoms with Gasteiger partial charge in [-0.1, -0.05) is 0 Å². The molecule has 0 unspecified atom stereocenters. The average Bonchev–Trinajstić information content (AvgIpc) is 2.30. The number of carbonyl (C=O) groups excluding carboxylic acids is 1. The van der Waals surface area contributed by atoms with Crippen LogP contribution in [0, 0.1) is 5.82 Å². The van der Waals surface area contributed by atoms with Gasteiger partial charge in [0.15, 0.2) is 0 Å². The van der Waals surface area contributed by atoms with Crippen molar-refractivity contribution in [2.75, 3.05) is 6.61 Å². The summed E-state index contributed by atoms with van der Waals surface area (Å²) in [7, 11) is 0. The molecule has 0 bridgehead atoms. The summed E-state index contributed by atoms with van der Waals surface area (Å²) >= 11 is 0. The molecule has 0 aromatic carbocycles. The molecule has 0 saturated heterocycles. The molecule has 2 heterocycles. The molecule has 5 nitrogen and oxygen atoms in total. The first kappa shape index (κ1) is 11.3. The number of ether oxygens (including phenoxy) is 1. The van der Waals surface area contributed by atoms with Gasteiger partial charge in [-0.3, -0.25) is 4.79 Å². The van der Waals surface area contributed by atoms with Crippen molar-refractivity contribution in [2.24, 2.45) is 0 Å². The summed E-state index contributed by atoms with van der Waals surface area (Å²) in [6.45, 7) is 1.80. The third kappa shape index (κ3) is 2.01. The molecule has 0 saturated carbocycles. The Morgan fingerprint density at radius 3 is 3.06 bits per heavy atom. The molecular weight excluding hydrogens is 227 g/mol. The van der Waals surface area contributed by atoms with Crippen LogP contribution in [0.25, 0.3) is 11.0 Å². The number of aromatic nitrogens is 2. The number of carbonyl (C=O) groups is 1. The van der Waals surface area contributed by atoms with Crippen LogP contribution in [0.2, 0.25) is 0 Å². The van der Waals surface area contributed by atoms with Crippen molar-refractivity contribution in [3.05, 3.63) is 40.1 Å². The van der Waals surface area contributed by atoms with Crippen LogP contribution in [0.4, 0.5) is 4.39 Å². The number of nitrogens with zero attached hydrogens (tertiary/aromatic N) is 1. The lowest BCUT2D eigenvalue weighted by atomic mass is 10.2. The summed E-state index contributed by atoms with van der Waals surface area (Å²) in [5, 5.41) is 0.0237. The number of rotatable bonds is 2. The van der Waals surface area contributed by atoms with Gasteiger partial charge in [-0.15, -0.1) is 0 Å². The van der Waals surface area contributed by atoms with Crippen molar-refractivity contribution in [1.82, 2.24) is 9.97 Å². The normalized spacial score (nSPS) is 10.5. The average molecular weight is 236 g/mol. The topological polar surface area (TPSA) is 72.1 Å². The van der Waals surface area contributed by atoms with Crippen molar-refractivity contribution >= 4 is 17.0 Å². The number of hydrogen-bond acceptors (Lipinski definition) is 4. The van der Waals surface area contributed by atoms with Crippen LogP contribution in [-0.2, 0) is 4.74 Å². The largest absolute Gasteiger partial charge is 0.462 e. The molecule has 0 radical (unpaired) electrons. The van der Waals surface area contributed by atoms with Crippen LogP contribution in [-0.4, -0.2) is 22.5 Å². The highest BCUT2D eigenvalue weighted by molar-refractivity contribution is 5.92. The fourth-order valence-electron chi connectivity index (χ4n) is 1.44. The van der Waals surface area contributed by atoms with E-state index < -0.39 is 17.2 Å². The lowest BCUT2D eigenvalue weighted by molar-refractivity contribution is 0.0524. The van der Waals surface area contributed by atoms with E-state index in [4.69, 9.17) is 4.74 Å². The minimum absolute atomic E-state index is 0.0237. The van der Waals surface area contributed by atoms with E-state index in [0.717, 1.165) is 12.3 Å². The van der Waals surface area contributed by atoms with Crippen LogP contribution in [0.5, 0.6) is 0 Å². The van der Waals surface area contributed by atoms with Gasteiger partial charge in [0.2, 0.25) is 5.43 Å². The first-order chi connectivity index (χ1) is 8.13. The lowest BCUT2D eigenvalue weighted by Crippen LogP contribution is -2.18. The van der Waals surface area contributed by atoms with Gasteiger partial charge in [0.1, 0.15) is 17.0 Å². The second kappa shape index (κ2) is 4.32. The van der Waals surface area contributed by atoms with Crippen LogP contribution in [0.15, 0.2) is 23.3 Å². The third-order valence-corrected chi connectivity index (χ3v) is 2.19. The van der Waals surface area contributed by atoms with Gasteiger partial charge in [-0.05, 0) is 13.0 Å². The second-order valence-corrected chi connectivity index (χ2v) is 3.30. The van der Waals surface area contributed by atoms with E-state index in [9.17, 15) is 14.0 Å². The monoisotopic (exact) mass is 236 g/mol. The van der Waals surface area contributed by atoms with Crippen molar-refractivity contribution < 1.29 is 13.9 Å².